The number of hydrogen-bond donors (Lipinski definition) is 0. The molecule has 1 heterocycles. The number of hydrogen-bond acceptors (Lipinski definition) is 5. The molecule has 1 amide bonds. The van der Waals surface area contributed by atoms with E-state index in [1.54, 1.807) is 4.90 Å². The molecule has 0 spiro atoms. The third-order valence-corrected chi connectivity index (χ3v) is 5.24. The summed E-state index contributed by atoms with van der Waals surface area (Å²) in [7, 11) is 5.86. The van der Waals surface area contributed by atoms with Crippen molar-refractivity contribution in [2.24, 2.45) is 16.1 Å². The van der Waals surface area contributed by atoms with Crippen LogP contribution in [0.5, 0.6) is 0 Å². The minimum absolute atomic E-state index is 0.0119. The van der Waals surface area contributed by atoms with Gasteiger partial charge in [-0.2, -0.15) is 10.2 Å². The van der Waals surface area contributed by atoms with E-state index in [4.69, 9.17) is 12.2 Å². The number of anilines is 2. The third kappa shape index (κ3) is 3.89. The Morgan fingerprint density at radius 3 is 1.89 bits per heavy atom. The van der Waals surface area contributed by atoms with E-state index >= 15 is 0 Å². The van der Waals surface area contributed by atoms with Gasteiger partial charge in [0.25, 0.3) is 5.91 Å². The predicted octanol–water partition coefficient (Wildman–Crippen LogP) is 4.76. The average molecular weight is 396 g/mol. The molecule has 0 aromatic heterocycles. The summed E-state index contributed by atoms with van der Waals surface area (Å²) < 4.78 is 0. The van der Waals surface area contributed by atoms with Gasteiger partial charge in [0.05, 0.1) is 17.1 Å². The Labute approximate surface area is 171 Å². The van der Waals surface area contributed by atoms with Crippen molar-refractivity contribution in [1.82, 2.24) is 4.90 Å². The van der Waals surface area contributed by atoms with Gasteiger partial charge in [-0.15, -0.1) is 0 Å². The Hall–Kier alpha value is -2.80. The number of thiocarbonyl (C=S) groups is 1. The largest absolute Gasteiger partial charge is 0.378 e. The van der Waals surface area contributed by atoms with Crippen molar-refractivity contribution in [3.8, 4) is 0 Å². The fourth-order valence-corrected chi connectivity index (χ4v) is 3.55. The van der Waals surface area contributed by atoms with Gasteiger partial charge in [0.1, 0.15) is 6.04 Å². The minimum Gasteiger partial charge on any atom is -0.378 e. The average Bonchev–Trinajstić information content (AvgIpc) is 2.89. The molecule has 0 aliphatic carbocycles. The predicted molar refractivity (Wildman–Crippen MR) is 118 cm³/mol. The normalized spacial score (nSPS) is 17.3. The molecular formula is C21H25N5OS. The summed E-state index contributed by atoms with van der Waals surface area (Å²) in [6.45, 7) is 4.06. The van der Waals surface area contributed by atoms with Crippen LogP contribution in [0.1, 0.15) is 13.8 Å². The van der Waals surface area contributed by atoms with Crippen molar-refractivity contribution in [2.75, 3.05) is 30.9 Å². The molecular weight excluding hydrogens is 370 g/mol. The summed E-state index contributed by atoms with van der Waals surface area (Å²) in [5.41, 5.74) is 3.36. The SMILES string of the molecule is CC(C)C1C(=O)N(c2ccc(N=Nc3ccc(N(C)C)cc3)cc2)C(=S)N1C. The van der Waals surface area contributed by atoms with Crippen LogP contribution in [0.25, 0.3) is 0 Å². The van der Waals surface area contributed by atoms with Gasteiger partial charge in [0.2, 0.25) is 0 Å². The second-order valence-corrected chi connectivity index (χ2v) is 7.75. The Morgan fingerprint density at radius 2 is 1.46 bits per heavy atom. The van der Waals surface area contributed by atoms with Gasteiger partial charge >= 0.3 is 0 Å². The van der Waals surface area contributed by atoms with Gasteiger partial charge in [0.15, 0.2) is 5.11 Å². The first-order valence-electron chi connectivity index (χ1n) is 9.19. The van der Waals surface area contributed by atoms with Gasteiger partial charge in [-0.25, -0.2) is 0 Å². The van der Waals surface area contributed by atoms with E-state index in [9.17, 15) is 4.79 Å². The maximum absolute atomic E-state index is 12.8. The first-order chi connectivity index (χ1) is 13.3. The zero-order valence-electron chi connectivity index (χ0n) is 16.8. The molecule has 146 valence electrons. The third-order valence-electron chi connectivity index (χ3n) is 4.77. The van der Waals surface area contributed by atoms with Gasteiger partial charge in [-0.05, 0) is 66.7 Å². The fraction of sp³-hybridized carbons (Fsp3) is 0.333. The number of nitrogens with zero attached hydrogens (tertiary/aromatic N) is 5. The summed E-state index contributed by atoms with van der Waals surface area (Å²) in [4.78, 5) is 18.3. The topological polar surface area (TPSA) is 51.5 Å². The van der Waals surface area contributed by atoms with Crippen molar-refractivity contribution >= 4 is 46.0 Å². The van der Waals surface area contributed by atoms with Crippen LogP contribution in [0.2, 0.25) is 0 Å². The summed E-state index contributed by atoms with van der Waals surface area (Å²) in [5, 5.41) is 9.08. The Morgan fingerprint density at radius 1 is 0.964 bits per heavy atom. The molecule has 1 aliphatic rings. The van der Waals surface area contributed by atoms with Crippen LogP contribution in [0, 0.1) is 5.92 Å². The van der Waals surface area contributed by atoms with E-state index in [0.29, 0.717) is 10.8 Å². The standard InChI is InChI=1S/C21H25N5OS/c1-14(2)19-20(27)26(21(28)25(19)5)18-12-8-16(9-13-18)23-22-15-6-10-17(11-7-15)24(3)4/h6-14,19H,1-5H3. The quantitative estimate of drug-likeness (QED) is 0.541. The van der Waals surface area contributed by atoms with E-state index in [2.05, 4.69) is 10.2 Å². The summed E-state index contributed by atoms with van der Waals surface area (Å²) >= 11 is 5.48. The molecule has 1 aliphatic heterocycles. The molecule has 2 aromatic rings. The van der Waals surface area contributed by atoms with E-state index in [0.717, 1.165) is 17.1 Å². The van der Waals surface area contributed by atoms with Gasteiger partial charge in [-0.3, -0.25) is 9.69 Å². The van der Waals surface area contributed by atoms with Gasteiger partial charge in [-0.1, -0.05) is 13.8 Å². The zero-order chi connectivity index (χ0) is 20.4. The lowest BCUT2D eigenvalue weighted by Crippen LogP contribution is -2.35. The van der Waals surface area contributed by atoms with Crippen molar-refractivity contribution in [3.05, 3.63) is 48.5 Å². The Balaban J connectivity index is 1.75. The molecule has 0 radical (unpaired) electrons. The molecule has 3 rings (SSSR count). The van der Waals surface area contributed by atoms with Gasteiger partial charge in [0, 0.05) is 26.8 Å². The van der Waals surface area contributed by atoms with E-state index in [-0.39, 0.29) is 17.9 Å². The summed E-state index contributed by atoms with van der Waals surface area (Å²) in [6.07, 6.45) is 0. The Kier molecular flexibility index (Phi) is 5.74. The van der Waals surface area contributed by atoms with Crippen LogP contribution < -0.4 is 9.80 Å². The van der Waals surface area contributed by atoms with Crippen LogP contribution in [0.4, 0.5) is 22.7 Å². The highest BCUT2D eigenvalue weighted by Gasteiger charge is 2.42. The lowest BCUT2D eigenvalue weighted by atomic mass is 10.0. The maximum atomic E-state index is 12.8. The van der Waals surface area contributed by atoms with Crippen molar-refractivity contribution in [3.63, 3.8) is 0 Å². The number of likely N-dealkylation sites (N-methyl/N-ethyl adjacent to an activating group) is 1. The number of amides is 1. The molecule has 1 atom stereocenters. The monoisotopic (exact) mass is 395 g/mol. The molecule has 1 saturated heterocycles. The lowest BCUT2D eigenvalue weighted by molar-refractivity contribution is -0.120. The van der Waals surface area contributed by atoms with E-state index in [1.807, 2.05) is 93.3 Å². The Bertz CT molecular complexity index is 890. The van der Waals surface area contributed by atoms with Crippen LogP contribution in [0.3, 0.4) is 0 Å². The van der Waals surface area contributed by atoms with Crippen LogP contribution in [-0.4, -0.2) is 43.1 Å². The van der Waals surface area contributed by atoms with Crippen molar-refractivity contribution < 1.29 is 4.79 Å². The summed E-state index contributed by atoms with van der Waals surface area (Å²) in [5.74, 6) is 0.199. The second kappa shape index (κ2) is 8.06. The number of carbonyl (C=O) groups excluding carboxylic acids is 1. The molecule has 1 unspecified atom stereocenters. The van der Waals surface area contributed by atoms with Crippen LogP contribution in [-0.2, 0) is 4.79 Å². The molecule has 28 heavy (non-hydrogen) atoms. The van der Waals surface area contributed by atoms with E-state index in [1.165, 1.54) is 0 Å². The molecule has 0 N–H and O–H groups in total. The molecule has 0 saturated carbocycles. The highest BCUT2D eigenvalue weighted by molar-refractivity contribution is 7.80. The molecule has 6 nitrogen and oxygen atoms in total. The first kappa shape index (κ1) is 19.9. The summed E-state index contributed by atoms with van der Waals surface area (Å²) in [6, 6.07) is 15.0. The number of rotatable bonds is 5. The number of benzene rings is 2. The molecule has 7 heteroatoms. The fourth-order valence-electron chi connectivity index (χ4n) is 3.24. The van der Waals surface area contributed by atoms with Crippen LogP contribution >= 0.6 is 12.2 Å². The molecule has 0 bridgehead atoms. The number of azo groups is 1. The second-order valence-electron chi connectivity index (χ2n) is 7.38. The zero-order valence-corrected chi connectivity index (χ0v) is 17.6. The van der Waals surface area contributed by atoms with Crippen molar-refractivity contribution in [2.45, 2.75) is 19.9 Å². The smallest absolute Gasteiger partial charge is 0.256 e. The minimum atomic E-state index is -0.225. The van der Waals surface area contributed by atoms with E-state index < -0.39 is 0 Å². The molecule has 2 aromatic carbocycles. The van der Waals surface area contributed by atoms with Crippen molar-refractivity contribution in [1.29, 1.82) is 0 Å². The first-order valence-corrected chi connectivity index (χ1v) is 9.60. The highest BCUT2D eigenvalue weighted by Crippen LogP contribution is 2.29. The van der Waals surface area contributed by atoms with Gasteiger partial charge < -0.3 is 9.80 Å². The number of carbonyl (C=O) groups is 1. The lowest BCUT2D eigenvalue weighted by Gasteiger charge is -2.20. The highest BCUT2D eigenvalue weighted by atomic mass is 32.1. The molecule has 1 fully saturated rings. The van der Waals surface area contributed by atoms with Crippen LogP contribution in [0.15, 0.2) is 58.8 Å². The maximum Gasteiger partial charge on any atom is 0.256 e.